The third-order valence-electron chi connectivity index (χ3n) is 2.85. The van der Waals surface area contributed by atoms with E-state index in [0.717, 1.165) is 11.3 Å². The van der Waals surface area contributed by atoms with Gasteiger partial charge in [-0.3, -0.25) is 4.99 Å². The van der Waals surface area contributed by atoms with Crippen LogP contribution in [-0.2, 0) is 9.84 Å². The van der Waals surface area contributed by atoms with Crippen LogP contribution in [0.15, 0.2) is 34.4 Å². The lowest BCUT2D eigenvalue weighted by molar-refractivity contribution is 0.319. The quantitative estimate of drug-likeness (QED) is 0.510. The van der Waals surface area contributed by atoms with E-state index >= 15 is 0 Å². The Morgan fingerprint density at radius 2 is 2.10 bits per heavy atom. The highest BCUT2D eigenvalue weighted by Gasteiger charge is 2.21. The molecule has 0 atom stereocenters. The van der Waals surface area contributed by atoms with Gasteiger partial charge in [0.25, 0.3) is 0 Å². The summed E-state index contributed by atoms with van der Waals surface area (Å²) in [7, 11) is -3.38. The summed E-state index contributed by atoms with van der Waals surface area (Å²) in [5.41, 5.74) is 1.84. The lowest BCUT2D eigenvalue weighted by atomic mass is 10.1. The predicted molar refractivity (Wildman–Crippen MR) is 82.9 cm³/mol. The average Bonchev–Trinajstić information content (AvgIpc) is 2.89. The number of hydrogen-bond donors (Lipinski definition) is 1. The summed E-state index contributed by atoms with van der Waals surface area (Å²) in [5.74, 6) is 0.471. The molecule has 5 nitrogen and oxygen atoms in total. The number of aryl methyl sites for hydroxylation is 1. The highest BCUT2D eigenvalue weighted by Crippen LogP contribution is 2.14. The van der Waals surface area contributed by atoms with Gasteiger partial charge in [0.2, 0.25) is 0 Å². The maximum absolute atomic E-state index is 12.1. The molecule has 1 N–H and O–H groups in total. The van der Waals surface area contributed by atoms with Crippen molar-refractivity contribution >= 4 is 32.4 Å². The molecule has 2 rings (SSSR count). The molecule has 1 aromatic rings. The molecule has 0 fully saturated rings. The fraction of sp³-hybridized carbons (Fsp3) is 0.385. The molecule has 0 saturated carbocycles. The van der Waals surface area contributed by atoms with E-state index in [2.05, 4.69) is 10.1 Å². The van der Waals surface area contributed by atoms with E-state index in [0.29, 0.717) is 17.2 Å². The van der Waals surface area contributed by atoms with E-state index in [1.807, 2.05) is 19.1 Å². The van der Waals surface area contributed by atoms with Crippen molar-refractivity contribution in [3.63, 3.8) is 0 Å². The summed E-state index contributed by atoms with van der Waals surface area (Å²) >= 11 is 1.47. The number of thioether (sulfide) groups is 1. The van der Waals surface area contributed by atoms with Crippen LogP contribution in [-0.4, -0.2) is 48.2 Å². The Morgan fingerprint density at radius 1 is 1.40 bits per heavy atom. The zero-order valence-electron chi connectivity index (χ0n) is 11.1. The van der Waals surface area contributed by atoms with E-state index in [1.165, 1.54) is 11.8 Å². The molecule has 0 bridgehead atoms. The van der Waals surface area contributed by atoms with Gasteiger partial charge in [0, 0.05) is 17.9 Å². The van der Waals surface area contributed by atoms with Gasteiger partial charge in [0.15, 0.2) is 9.84 Å². The Kier molecular flexibility index (Phi) is 4.82. The first kappa shape index (κ1) is 15.1. The smallest absolute Gasteiger partial charge is 0.162 e. The largest absolute Gasteiger partial charge is 0.411 e. The molecule has 1 aliphatic rings. The van der Waals surface area contributed by atoms with Crippen LogP contribution in [0.5, 0.6) is 0 Å². The molecule has 7 heteroatoms. The number of hydrogen-bond acceptors (Lipinski definition) is 6. The van der Waals surface area contributed by atoms with Crippen LogP contribution in [0.25, 0.3) is 0 Å². The summed E-state index contributed by atoms with van der Waals surface area (Å²) in [4.78, 5) is 4.14. The second-order valence-corrected chi connectivity index (χ2v) is 7.80. The first-order valence-corrected chi connectivity index (χ1v) is 8.95. The van der Waals surface area contributed by atoms with Gasteiger partial charge in [0.1, 0.15) is 5.71 Å². The molecule has 0 aromatic heterocycles. The fourth-order valence-electron chi connectivity index (χ4n) is 1.83. The van der Waals surface area contributed by atoms with Crippen molar-refractivity contribution in [1.82, 2.24) is 0 Å². The SMILES string of the molecule is Cc1ccc(/C(CS(=O)(=O)CC2=NCCS2)=N\O)cc1. The van der Waals surface area contributed by atoms with Gasteiger partial charge in [-0.05, 0) is 6.92 Å². The monoisotopic (exact) mass is 312 g/mol. The Balaban J connectivity index is 2.11. The summed E-state index contributed by atoms with van der Waals surface area (Å²) in [6.07, 6.45) is 0. The average molecular weight is 312 g/mol. The molecular formula is C13H16N2O3S2. The van der Waals surface area contributed by atoms with Crippen molar-refractivity contribution in [2.45, 2.75) is 6.92 Å². The summed E-state index contributed by atoms with van der Waals surface area (Å²) < 4.78 is 24.2. The molecule has 0 unspecified atom stereocenters. The van der Waals surface area contributed by atoms with Crippen LogP contribution in [0.1, 0.15) is 11.1 Å². The normalized spacial score (nSPS) is 16.2. The second kappa shape index (κ2) is 6.41. The maximum atomic E-state index is 12.1. The molecule has 1 aliphatic heterocycles. The van der Waals surface area contributed by atoms with Crippen molar-refractivity contribution in [1.29, 1.82) is 0 Å². The van der Waals surface area contributed by atoms with Gasteiger partial charge in [-0.25, -0.2) is 8.42 Å². The van der Waals surface area contributed by atoms with Crippen molar-refractivity contribution in [2.24, 2.45) is 10.1 Å². The van der Waals surface area contributed by atoms with Crippen molar-refractivity contribution in [3.05, 3.63) is 35.4 Å². The molecule has 108 valence electrons. The third kappa shape index (κ3) is 4.08. The summed E-state index contributed by atoms with van der Waals surface area (Å²) in [5, 5.41) is 12.8. The molecule has 0 aliphatic carbocycles. The Labute approximate surface area is 122 Å². The van der Waals surface area contributed by atoms with Crippen LogP contribution in [0.4, 0.5) is 0 Å². The van der Waals surface area contributed by atoms with E-state index in [9.17, 15) is 8.42 Å². The maximum Gasteiger partial charge on any atom is 0.162 e. The van der Waals surface area contributed by atoms with Crippen LogP contribution in [0.3, 0.4) is 0 Å². The number of benzene rings is 1. The number of nitrogens with zero attached hydrogens (tertiary/aromatic N) is 2. The van der Waals surface area contributed by atoms with Crippen LogP contribution in [0, 0.1) is 6.92 Å². The third-order valence-corrected chi connectivity index (χ3v) is 5.46. The Bertz CT molecular complexity index is 634. The molecule has 1 aromatic carbocycles. The molecule has 0 amide bonds. The Morgan fingerprint density at radius 3 is 2.65 bits per heavy atom. The van der Waals surface area contributed by atoms with Gasteiger partial charge >= 0.3 is 0 Å². The van der Waals surface area contributed by atoms with Crippen molar-refractivity contribution in [2.75, 3.05) is 23.8 Å². The standard InChI is InChI=1S/C13H16N2O3S2/c1-10-2-4-11(5-3-10)12(15-16)8-20(17,18)9-13-14-6-7-19-13/h2-5,16H,6-9H2,1H3/b15-12-. The molecular weight excluding hydrogens is 296 g/mol. The molecule has 20 heavy (non-hydrogen) atoms. The van der Waals surface area contributed by atoms with Crippen molar-refractivity contribution in [3.8, 4) is 0 Å². The van der Waals surface area contributed by atoms with Crippen molar-refractivity contribution < 1.29 is 13.6 Å². The zero-order chi connectivity index (χ0) is 14.6. The molecule has 1 heterocycles. The lowest BCUT2D eigenvalue weighted by Gasteiger charge is -2.07. The number of oxime groups is 1. The first-order chi connectivity index (χ1) is 9.50. The van der Waals surface area contributed by atoms with E-state index < -0.39 is 9.84 Å². The highest BCUT2D eigenvalue weighted by molar-refractivity contribution is 8.15. The minimum absolute atomic E-state index is 0.0808. The molecule has 0 radical (unpaired) electrons. The lowest BCUT2D eigenvalue weighted by Crippen LogP contribution is -2.22. The van der Waals surface area contributed by atoms with E-state index in [-0.39, 0.29) is 17.2 Å². The van der Waals surface area contributed by atoms with E-state index in [1.54, 1.807) is 12.1 Å². The van der Waals surface area contributed by atoms with Gasteiger partial charge in [0.05, 0.1) is 16.5 Å². The summed E-state index contributed by atoms with van der Waals surface area (Å²) in [6.45, 7) is 2.61. The minimum Gasteiger partial charge on any atom is -0.411 e. The predicted octanol–water partition coefficient (Wildman–Crippen LogP) is 1.73. The fourth-order valence-corrected chi connectivity index (χ4v) is 4.51. The number of sulfone groups is 1. The topological polar surface area (TPSA) is 79.1 Å². The number of rotatable bonds is 5. The molecule has 0 spiro atoms. The first-order valence-electron chi connectivity index (χ1n) is 6.15. The van der Waals surface area contributed by atoms with Gasteiger partial charge < -0.3 is 5.21 Å². The van der Waals surface area contributed by atoms with Crippen LogP contribution < -0.4 is 0 Å². The highest BCUT2D eigenvalue weighted by atomic mass is 32.2. The number of aliphatic imine (C=N–C) groups is 1. The van der Waals surface area contributed by atoms with Gasteiger partial charge in [-0.15, -0.1) is 11.8 Å². The van der Waals surface area contributed by atoms with E-state index in [4.69, 9.17) is 5.21 Å². The van der Waals surface area contributed by atoms with Gasteiger partial charge in [-0.2, -0.15) is 0 Å². The van der Waals surface area contributed by atoms with Crippen LogP contribution >= 0.6 is 11.8 Å². The Hall–Kier alpha value is -1.34. The zero-order valence-corrected chi connectivity index (χ0v) is 12.7. The van der Waals surface area contributed by atoms with Crippen LogP contribution in [0.2, 0.25) is 0 Å². The molecule has 0 saturated heterocycles. The van der Waals surface area contributed by atoms with Gasteiger partial charge in [-0.1, -0.05) is 35.0 Å². The minimum atomic E-state index is -3.38. The summed E-state index contributed by atoms with van der Waals surface area (Å²) in [6, 6.07) is 7.21. The second-order valence-electron chi connectivity index (χ2n) is 4.57.